The van der Waals surface area contributed by atoms with Crippen LogP contribution >= 0.6 is 45.2 Å². The van der Waals surface area contributed by atoms with Gasteiger partial charge in [-0.1, -0.05) is 0 Å². The lowest BCUT2D eigenvalue weighted by molar-refractivity contribution is 0.452. The van der Waals surface area contributed by atoms with Crippen LogP contribution in [0.3, 0.4) is 0 Å². The van der Waals surface area contributed by atoms with Gasteiger partial charge >= 0.3 is 0 Å². The van der Waals surface area contributed by atoms with Gasteiger partial charge in [0.25, 0.3) is 0 Å². The van der Waals surface area contributed by atoms with Crippen LogP contribution in [0.25, 0.3) is 0 Å². The highest BCUT2D eigenvalue weighted by atomic mass is 127. The largest absolute Gasteiger partial charge is 0.506 e. The second kappa shape index (κ2) is 4.13. The highest BCUT2D eigenvalue weighted by Crippen LogP contribution is 2.43. The van der Waals surface area contributed by atoms with Crippen molar-refractivity contribution in [2.45, 2.75) is 18.9 Å². The Morgan fingerprint density at radius 2 is 2.00 bits per heavy atom. The van der Waals surface area contributed by atoms with Crippen molar-refractivity contribution >= 4 is 45.2 Å². The lowest BCUT2D eigenvalue weighted by Gasteiger charge is -2.14. The van der Waals surface area contributed by atoms with E-state index in [9.17, 15) is 5.11 Å². The van der Waals surface area contributed by atoms with Gasteiger partial charge in [0.1, 0.15) is 5.75 Å². The predicted octanol–water partition coefficient (Wildman–Crippen LogP) is 3.01. The molecule has 0 heterocycles. The fourth-order valence-corrected chi connectivity index (χ4v) is 3.44. The Morgan fingerprint density at radius 1 is 1.36 bits per heavy atom. The van der Waals surface area contributed by atoms with Crippen molar-refractivity contribution in [2.24, 2.45) is 11.7 Å². The predicted molar refractivity (Wildman–Crippen MR) is 73.2 cm³/mol. The number of aromatic hydroxyl groups is 1. The second-order valence-corrected chi connectivity index (χ2v) is 6.10. The normalized spacial score (nSPS) is 18.2. The molecule has 0 spiro atoms. The first-order valence-corrected chi connectivity index (χ1v) is 6.69. The first-order valence-electron chi connectivity index (χ1n) is 4.53. The minimum atomic E-state index is 0.0123. The standard InChI is InChI=1S/C10H11I2NO/c11-6-3-7(9(13)5-1-2-5)10(14)8(12)4-6/h3-5,9,14H,1-2,13H2/t9-/m1/s1. The van der Waals surface area contributed by atoms with Crippen molar-refractivity contribution in [3.8, 4) is 5.75 Å². The van der Waals surface area contributed by atoms with E-state index < -0.39 is 0 Å². The third-order valence-electron chi connectivity index (χ3n) is 2.55. The maximum absolute atomic E-state index is 9.88. The number of benzene rings is 1. The van der Waals surface area contributed by atoms with Gasteiger partial charge in [0, 0.05) is 15.2 Å². The summed E-state index contributed by atoms with van der Waals surface area (Å²) >= 11 is 4.40. The van der Waals surface area contributed by atoms with Crippen molar-refractivity contribution in [1.82, 2.24) is 0 Å². The van der Waals surface area contributed by atoms with Crippen LogP contribution in [0.1, 0.15) is 24.4 Å². The van der Waals surface area contributed by atoms with Gasteiger partial charge < -0.3 is 10.8 Å². The van der Waals surface area contributed by atoms with Gasteiger partial charge in [-0.3, -0.25) is 0 Å². The van der Waals surface area contributed by atoms with E-state index in [1.54, 1.807) is 0 Å². The fraction of sp³-hybridized carbons (Fsp3) is 0.400. The summed E-state index contributed by atoms with van der Waals surface area (Å²) in [5.41, 5.74) is 6.98. The number of nitrogens with two attached hydrogens (primary N) is 1. The number of rotatable bonds is 2. The zero-order valence-electron chi connectivity index (χ0n) is 7.50. The third-order valence-corrected chi connectivity index (χ3v) is 3.99. The van der Waals surface area contributed by atoms with Gasteiger partial charge in [0.2, 0.25) is 0 Å². The van der Waals surface area contributed by atoms with Crippen LogP contribution in [0.2, 0.25) is 0 Å². The number of phenolic OH excluding ortho intramolecular Hbond substituents is 1. The van der Waals surface area contributed by atoms with E-state index in [1.165, 1.54) is 12.8 Å². The number of phenols is 1. The summed E-state index contributed by atoms with van der Waals surface area (Å²) in [6.07, 6.45) is 2.39. The third kappa shape index (κ3) is 2.16. The molecule has 14 heavy (non-hydrogen) atoms. The Balaban J connectivity index is 2.39. The molecule has 2 rings (SSSR count). The van der Waals surface area contributed by atoms with Crippen molar-refractivity contribution in [2.75, 3.05) is 0 Å². The molecule has 1 aliphatic carbocycles. The summed E-state index contributed by atoms with van der Waals surface area (Å²) < 4.78 is 2.02. The molecule has 1 aromatic rings. The van der Waals surface area contributed by atoms with Crippen LogP contribution in [-0.4, -0.2) is 5.11 Å². The number of halogens is 2. The molecule has 76 valence electrons. The van der Waals surface area contributed by atoms with Crippen LogP contribution in [0.5, 0.6) is 5.75 Å². The Bertz CT molecular complexity index is 363. The molecule has 1 aliphatic rings. The SMILES string of the molecule is N[C@@H](c1cc(I)cc(I)c1O)C1CC1. The van der Waals surface area contributed by atoms with Gasteiger partial charge in [-0.15, -0.1) is 0 Å². The molecule has 0 aromatic heterocycles. The smallest absolute Gasteiger partial charge is 0.133 e. The number of hydrogen-bond acceptors (Lipinski definition) is 2. The van der Waals surface area contributed by atoms with E-state index in [1.807, 2.05) is 12.1 Å². The second-order valence-electron chi connectivity index (χ2n) is 3.69. The van der Waals surface area contributed by atoms with Crippen LogP contribution in [0, 0.1) is 13.1 Å². The van der Waals surface area contributed by atoms with Gasteiger partial charge in [-0.05, 0) is 76.1 Å². The van der Waals surface area contributed by atoms with Gasteiger partial charge in [-0.25, -0.2) is 0 Å². The molecule has 3 N–H and O–H groups in total. The molecule has 1 fully saturated rings. The fourth-order valence-electron chi connectivity index (χ4n) is 1.55. The van der Waals surface area contributed by atoms with Crippen LogP contribution in [0.15, 0.2) is 12.1 Å². The van der Waals surface area contributed by atoms with Crippen LogP contribution in [0.4, 0.5) is 0 Å². The Kier molecular flexibility index (Phi) is 3.23. The summed E-state index contributed by atoms with van der Waals surface area (Å²) in [6.45, 7) is 0. The van der Waals surface area contributed by atoms with Gasteiger partial charge in [0.15, 0.2) is 0 Å². The molecule has 1 saturated carbocycles. The molecular formula is C10H11I2NO. The summed E-state index contributed by atoms with van der Waals surface area (Å²) in [5, 5.41) is 9.88. The zero-order chi connectivity index (χ0) is 10.3. The van der Waals surface area contributed by atoms with E-state index in [2.05, 4.69) is 45.2 Å². The molecule has 0 bridgehead atoms. The van der Waals surface area contributed by atoms with E-state index in [0.29, 0.717) is 11.7 Å². The molecule has 1 aromatic carbocycles. The van der Waals surface area contributed by atoms with Crippen molar-refractivity contribution in [1.29, 1.82) is 0 Å². The average Bonchev–Trinajstić information content (AvgIpc) is 2.93. The van der Waals surface area contributed by atoms with Gasteiger partial charge in [0.05, 0.1) is 3.57 Å². The summed E-state index contributed by atoms with van der Waals surface area (Å²) in [7, 11) is 0. The van der Waals surface area contributed by atoms with E-state index in [-0.39, 0.29) is 6.04 Å². The topological polar surface area (TPSA) is 46.2 Å². The van der Waals surface area contributed by atoms with Crippen molar-refractivity contribution in [3.63, 3.8) is 0 Å². The summed E-state index contributed by atoms with van der Waals surface area (Å²) in [5.74, 6) is 0.945. The quantitative estimate of drug-likeness (QED) is 0.731. The number of hydrogen-bond donors (Lipinski definition) is 2. The maximum atomic E-state index is 9.88. The minimum absolute atomic E-state index is 0.0123. The monoisotopic (exact) mass is 415 g/mol. The highest BCUT2D eigenvalue weighted by Gasteiger charge is 2.31. The highest BCUT2D eigenvalue weighted by molar-refractivity contribution is 14.1. The molecule has 2 nitrogen and oxygen atoms in total. The Morgan fingerprint density at radius 3 is 2.57 bits per heavy atom. The van der Waals surface area contributed by atoms with E-state index >= 15 is 0 Å². The van der Waals surface area contributed by atoms with Crippen molar-refractivity contribution < 1.29 is 5.11 Å². The average molecular weight is 415 g/mol. The van der Waals surface area contributed by atoms with Crippen LogP contribution < -0.4 is 5.73 Å². The molecule has 0 saturated heterocycles. The van der Waals surface area contributed by atoms with E-state index in [4.69, 9.17) is 5.73 Å². The maximum Gasteiger partial charge on any atom is 0.133 e. The molecular weight excluding hydrogens is 404 g/mol. The summed E-state index contributed by atoms with van der Waals surface area (Å²) in [6, 6.07) is 3.96. The first kappa shape index (κ1) is 10.9. The minimum Gasteiger partial charge on any atom is -0.506 e. The molecule has 1 atom stereocenters. The molecule has 0 unspecified atom stereocenters. The Labute approximate surface area is 111 Å². The molecule has 0 amide bonds. The molecule has 0 aliphatic heterocycles. The van der Waals surface area contributed by atoms with Gasteiger partial charge in [-0.2, -0.15) is 0 Å². The van der Waals surface area contributed by atoms with E-state index in [0.717, 1.165) is 12.7 Å². The molecule has 0 radical (unpaired) electrons. The van der Waals surface area contributed by atoms with Crippen molar-refractivity contribution in [3.05, 3.63) is 24.8 Å². The molecule has 4 heteroatoms. The lowest BCUT2D eigenvalue weighted by Crippen LogP contribution is -2.13. The van der Waals surface area contributed by atoms with Crippen LogP contribution in [-0.2, 0) is 0 Å². The Hall–Kier alpha value is 0.440. The lowest BCUT2D eigenvalue weighted by atomic mass is 10.0. The first-order chi connectivity index (χ1) is 6.59. The summed E-state index contributed by atoms with van der Waals surface area (Å²) in [4.78, 5) is 0. The zero-order valence-corrected chi connectivity index (χ0v) is 11.8.